The maximum atomic E-state index is 9.13. The first-order chi connectivity index (χ1) is 4.22. The third-order valence-corrected chi connectivity index (χ3v) is 1.76. The van der Waals surface area contributed by atoms with Crippen LogP contribution in [0.25, 0.3) is 0 Å². The Morgan fingerprint density at radius 1 is 1.56 bits per heavy atom. The summed E-state index contributed by atoms with van der Waals surface area (Å²) >= 11 is 0. The molecule has 2 heteroatoms. The average molecular weight is 128 g/mol. The first-order valence-electron chi connectivity index (χ1n) is 3.24. The second kappa shape index (κ2) is 2.50. The summed E-state index contributed by atoms with van der Waals surface area (Å²) in [5.74, 6) is 0. The molecule has 0 aromatic heterocycles. The topological polar surface area (TPSA) is 40.5 Å². The molecule has 0 bridgehead atoms. The summed E-state index contributed by atoms with van der Waals surface area (Å²) in [5, 5.41) is 18.2. The van der Waals surface area contributed by atoms with Crippen molar-refractivity contribution < 1.29 is 10.2 Å². The van der Waals surface area contributed by atoms with Gasteiger partial charge in [0.15, 0.2) is 0 Å². The third-order valence-electron chi connectivity index (χ3n) is 1.76. The van der Waals surface area contributed by atoms with E-state index in [4.69, 9.17) is 10.2 Å². The molecule has 0 aliphatic heterocycles. The van der Waals surface area contributed by atoms with Crippen molar-refractivity contribution in [3.05, 3.63) is 11.6 Å². The molecule has 0 saturated heterocycles. The minimum absolute atomic E-state index is 0.532. The van der Waals surface area contributed by atoms with Gasteiger partial charge in [-0.25, -0.2) is 0 Å². The molecule has 0 aromatic carbocycles. The fourth-order valence-corrected chi connectivity index (χ4v) is 1.06. The van der Waals surface area contributed by atoms with Crippen LogP contribution in [-0.4, -0.2) is 22.4 Å². The highest BCUT2D eigenvalue weighted by molar-refractivity contribution is 5.10. The van der Waals surface area contributed by atoms with Gasteiger partial charge < -0.3 is 10.2 Å². The highest BCUT2D eigenvalue weighted by atomic mass is 16.3. The molecule has 1 rings (SSSR count). The largest absolute Gasteiger partial charge is 0.390 e. The van der Waals surface area contributed by atoms with Gasteiger partial charge in [-0.3, -0.25) is 0 Å². The van der Waals surface area contributed by atoms with Crippen LogP contribution in [0.15, 0.2) is 11.6 Å². The van der Waals surface area contributed by atoms with Crippen LogP contribution in [0.2, 0.25) is 0 Å². The number of rotatable bonds is 0. The Morgan fingerprint density at radius 3 is 2.67 bits per heavy atom. The molecular weight excluding hydrogens is 116 g/mol. The van der Waals surface area contributed by atoms with Crippen LogP contribution in [0.4, 0.5) is 0 Å². The molecule has 52 valence electrons. The molecule has 2 N–H and O–H groups in total. The molecule has 0 fully saturated rings. The lowest BCUT2D eigenvalue weighted by molar-refractivity contribution is 0.0315. The van der Waals surface area contributed by atoms with Crippen LogP contribution in [-0.2, 0) is 0 Å². The normalized spacial score (nSPS) is 36.1. The monoisotopic (exact) mass is 128 g/mol. The van der Waals surface area contributed by atoms with Crippen molar-refractivity contribution in [3.63, 3.8) is 0 Å². The van der Waals surface area contributed by atoms with E-state index in [1.54, 1.807) is 0 Å². The van der Waals surface area contributed by atoms with Gasteiger partial charge in [0, 0.05) is 0 Å². The molecular formula is C7H12O2. The minimum atomic E-state index is -0.612. The molecule has 1 aliphatic carbocycles. The van der Waals surface area contributed by atoms with Gasteiger partial charge in [-0.05, 0) is 25.3 Å². The summed E-state index contributed by atoms with van der Waals surface area (Å²) in [6.45, 7) is 1.84. The zero-order valence-corrected chi connectivity index (χ0v) is 5.54. The van der Waals surface area contributed by atoms with E-state index in [2.05, 4.69) is 0 Å². The smallest absolute Gasteiger partial charge is 0.101 e. The molecule has 2 nitrogen and oxygen atoms in total. The first-order valence-corrected chi connectivity index (χ1v) is 3.24. The van der Waals surface area contributed by atoms with Crippen molar-refractivity contribution in [1.29, 1.82) is 0 Å². The molecule has 0 aromatic rings. The molecule has 0 saturated carbocycles. The predicted octanol–water partition coefficient (Wildman–Crippen LogP) is 0.448. The van der Waals surface area contributed by atoms with Gasteiger partial charge in [0.25, 0.3) is 0 Å². The molecule has 9 heavy (non-hydrogen) atoms. The highest BCUT2D eigenvalue weighted by Crippen LogP contribution is 2.17. The van der Waals surface area contributed by atoms with E-state index in [0.717, 1.165) is 12.0 Å². The van der Waals surface area contributed by atoms with Crippen LogP contribution >= 0.6 is 0 Å². The standard InChI is InChI=1S/C7H12O2/c1-5-3-2-4-6(8)7(5)9/h3,6-9H,2,4H2,1H3/t6-,7-/m1/s1. The van der Waals surface area contributed by atoms with E-state index in [-0.39, 0.29) is 0 Å². The SMILES string of the molecule is CC1=CCC[C@@H](O)[C@@H]1O. The molecule has 0 radical (unpaired) electrons. The Bertz CT molecular complexity index is 129. The molecule has 2 atom stereocenters. The molecule has 1 aliphatic rings. The van der Waals surface area contributed by atoms with Gasteiger partial charge >= 0.3 is 0 Å². The van der Waals surface area contributed by atoms with Crippen molar-refractivity contribution in [1.82, 2.24) is 0 Å². The highest BCUT2D eigenvalue weighted by Gasteiger charge is 2.20. The van der Waals surface area contributed by atoms with Gasteiger partial charge in [-0.2, -0.15) is 0 Å². The van der Waals surface area contributed by atoms with Gasteiger partial charge in [-0.15, -0.1) is 0 Å². The number of hydrogen-bond donors (Lipinski definition) is 2. The van der Waals surface area contributed by atoms with Gasteiger partial charge in [0.05, 0.1) is 6.10 Å². The predicted molar refractivity (Wildman–Crippen MR) is 35.0 cm³/mol. The van der Waals surface area contributed by atoms with E-state index in [9.17, 15) is 0 Å². The summed E-state index contributed by atoms with van der Waals surface area (Å²) in [4.78, 5) is 0. The van der Waals surface area contributed by atoms with Gasteiger partial charge in [0.1, 0.15) is 6.10 Å². The fraction of sp³-hybridized carbons (Fsp3) is 0.714. The number of aliphatic hydroxyl groups is 2. The van der Waals surface area contributed by atoms with Crippen LogP contribution in [0.5, 0.6) is 0 Å². The quantitative estimate of drug-likeness (QED) is 0.465. The molecule has 0 heterocycles. The Hall–Kier alpha value is -0.340. The second-order valence-corrected chi connectivity index (χ2v) is 2.54. The van der Waals surface area contributed by atoms with Crippen LogP contribution < -0.4 is 0 Å². The molecule has 0 spiro atoms. The van der Waals surface area contributed by atoms with Crippen LogP contribution in [0, 0.1) is 0 Å². The second-order valence-electron chi connectivity index (χ2n) is 2.54. The third kappa shape index (κ3) is 1.32. The summed E-state index contributed by atoms with van der Waals surface area (Å²) in [6.07, 6.45) is 2.41. The van der Waals surface area contributed by atoms with E-state index >= 15 is 0 Å². The molecule has 0 amide bonds. The Kier molecular flexibility index (Phi) is 1.88. The van der Waals surface area contributed by atoms with E-state index in [1.165, 1.54) is 0 Å². The van der Waals surface area contributed by atoms with Crippen LogP contribution in [0.1, 0.15) is 19.8 Å². The van der Waals surface area contributed by atoms with Crippen LogP contribution in [0.3, 0.4) is 0 Å². The lowest BCUT2D eigenvalue weighted by Crippen LogP contribution is -2.29. The van der Waals surface area contributed by atoms with Crippen molar-refractivity contribution in [2.24, 2.45) is 0 Å². The molecule has 0 unspecified atom stereocenters. The summed E-state index contributed by atoms with van der Waals surface area (Å²) in [5.41, 5.74) is 0.897. The van der Waals surface area contributed by atoms with E-state index < -0.39 is 12.2 Å². The summed E-state index contributed by atoms with van der Waals surface area (Å²) in [7, 11) is 0. The van der Waals surface area contributed by atoms with Crippen molar-refractivity contribution in [2.45, 2.75) is 32.0 Å². The lowest BCUT2D eigenvalue weighted by atomic mass is 9.95. The Morgan fingerprint density at radius 2 is 2.22 bits per heavy atom. The number of allylic oxidation sites excluding steroid dienone is 1. The summed E-state index contributed by atoms with van der Waals surface area (Å²) in [6, 6.07) is 0. The number of hydrogen-bond acceptors (Lipinski definition) is 2. The van der Waals surface area contributed by atoms with Gasteiger partial charge in [-0.1, -0.05) is 6.08 Å². The zero-order chi connectivity index (χ0) is 6.85. The number of aliphatic hydroxyl groups excluding tert-OH is 2. The van der Waals surface area contributed by atoms with E-state index in [1.807, 2.05) is 13.0 Å². The average Bonchev–Trinajstić information content (AvgIpc) is 1.83. The van der Waals surface area contributed by atoms with Crippen molar-refractivity contribution >= 4 is 0 Å². The lowest BCUT2D eigenvalue weighted by Gasteiger charge is -2.22. The summed E-state index contributed by atoms with van der Waals surface area (Å²) < 4.78 is 0. The fourth-order valence-electron chi connectivity index (χ4n) is 1.06. The zero-order valence-electron chi connectivity index (χ0n) is 5.54. The maximum absolute atomic E-state index is 9.13. The van der Waals surface area contributed by atoms with E-state index in [0.29, 0.717) is 6.42 Å². The van der Waals surface area contributed by atoms with Crippen molar-refractivity contribution in [2.75, 3.05) is 0 Å². The first kappa shape index (κ1) is 6.78. The van der Waals surface area contributed by atoms with Gasteiger partial charge in [0.2, 0.25) is 0 Å². The maximum Gasteiger partial charge on any atom is 0.101 e. The Balaban J connectivity index is 2.62. The minimum Gasteiger partial charge on any atom is -0.390 e. The Labute approximate surface area is 54.8 Å². The van der Waals surface area contributed by atoms with Crippen molar-refractivity contribution in [3.8, 4) is 0 Å².